The van der Waals surface area contributed by atoms with Crippen LogP contribution in [0.25, 0.3) is 0 Å². The molecule has 7 heteroatoms. The summed E-state index contributed by atoms with van der Waals surface area (Å²) >= 11 is 0. The first-order valence-corrected chi connectivity index (χ1v) is 6.07. The topological polar surface area (TPSA) is 55.9 Å². The summed E-state index contributed by atoms with van der Waals surface area (Å²) < 4.78 is 40.9. The Morgan fingerprint density at radius 1 is 1.20 bits per heavy atom. The molecule has 0 aliphatic rings. The lowest BCUT2D eigenvalue weighted by atomic mass is 10.2. The van der Waals surface area contributed by atoms with Crippen LogP contribution in [-0.4, -0.2) is 9.78 Å². The Labute approximate surface area is 114 Å². The van der Waals surface area contributed by atoms with Gasteiger partial charge < -0.3 is 11.1 Å². The Morgan fingerprint density at radius 3 is 2.25 bits per heavy atom. The fourth-order valence-electron chi connectivity index (χ4n) is 1.82. The number of benzene rings is 1. The van der Waals surface area contributed by atoms with Gasteiger partial charge in [-0.05, 0) is 20.8 Å². The van der Waals surface area contributed by atoms with Crippen molar-refractivity contribution >= 4 is 17.2 Å². The Bertz CT molecular complexity index is 626. The van der Waals surface area contributed by atoms with Crippen LogP contribution < -0.4 is 11.1 Å². The van der Waals surface area contributed by atoms with E-state index in [0.29, 0.717) is 17.2 Å². The van der Waals surface area contributed by atoms with E-state index in [-0.39, 0.29) is 11.7 Å². The van der Waals surface area contributed by atoms with Gasteiger partial charge in [-0.15, -0.1) is 0 Å². The molecule has 1 heterocycles. The lowest BCUT2D eigenvalue weighted by Crippen LogP contribution is -2.08. The summed E-state index contributed by atoms with van der Waals surface area (Å²) in [6.45, 7) is 5.51. The molecule has 2 aromatic rings. The third-order valence-electron chi connectivity index (χ3n) is 2.87. The predicted molar refractivity (Wildman–Crippen MR) is 71.4 cm³/mol. The summed E-state index contributed by atoms with van der Waals surface area (Å²) in [7, 11) is 0. The van der Waals surface area contributed by atoms with Crippen LogP contribution in [0.1, 0.15) is 25.6 Å². The van der Waals surface area contributed by atoms with Crippen molar-refractivity contribution in [2.75, 3.05) is 11.1 Å². The molecule has 0 atom stereocenters. The van der Waals surface area contributed by atoms with Gasteiger partial charge in [0.2, 0.25) is 0 Å². The minimum absolute atomic E-state index is 0.00337. The average molecular weight is 284 g/mol. The molecule has 1 aromatic carbocycles. The maximum atomic E-state index is 13.2. The molecule has 3 N–H and O–H groups in total. The maximum Gasteiger partial charge on any atom is 0.194 e. The van der Waals surface area contributed by atoms with Crippen LogP contribution in [0.3, 0.4) is 0 Å². The molecule has 0 radical (unpaired) electrons. The second-order valence-electron chi connectivity index (χ2n) is 4.76. The molecule has 108 valence electrons. The normalized spacial score (nSPS) is 11.2. The van der Waals surface area contributed by atoms with Crippen LogP contribution in [0.5, 0.6) is 0 Å². The number of nitrogens with one attached hydrogen (secondary N) is 1. The first-order chi connectivity index (χ1) is 9.31. The molecule has 0 aliphatic carbocycles. The van der Waals surface area contributed by atoms with Crippen LogP contribution >= 0.6 is 0 Å². The number of hydrogen-bond donors (Lipinski definition) is 2. The smallest absolute Gasteiger partial charge is 0.194 e. The summed E-state index contributed by atoms with van der Waals surface area (Å²) in [5, 5.41) is 7.02. The summed E-state index contributed by atoms with van der Waals surface area (Å²) in [6, 6.07) is 1.74. The van der Waals surface area contributed by atoms with Crippen molar-refractivity contribution in [1.29, 1.82) is 0 Å². The first-order valence-electron chi connectivity index (χ1n) is 6.07. The van der Waals surface area contributed by atoms with E-state index in [4.69, 9.17) is 5.73 Å². The molecule has 1 aromatic heterocycles. The summed E-state index contributed by atoms with van der Waals surface area (Å²) in [4.78, 5) is 0. The number of aryl methyl sites for hydroxylation is 1. The SMILES string of the molecule is Cc1nn(C(C)C)c(Nc2cc(F)c(F)c(F)c2)c1N. The number of nitrogens with zero attached hydrogens (tertiary/aromatic N) is 2. The molecule has 0 spiro atoms. The Morgan fingerprint density at radius 2 is 1.75 bits per heavy atom. The van der Waals surface area contributed by atoms with Crippen molar-refractivity contribution < 1.29 is 13.2 Å². The van der Waals surface area contributed by atoms with Crippen LogP contribution in [0.2, 0.25) is 0 Å². The van der Waals surface area contributed by atoms with E-state index in [1.54, 1.807) is 11.6 Å². The number of aromatic nitrogens is 2. The molecule has 0 bridgehead atoms. The van der Waals surface area contributed by atoms with Gasteiger partial charge in [0.15, 0.2) is 23.3 Å². The van der Waals surface area contributed by atoms with Gasteiger partial charge in [0, 0.05) is 23.9 Å². The van der Waals surface area contributed by atoms with Crippen molar-refractivity contribution in [3.05, 3.63) is 35.3 Å². The van der Waals surface area contributed by atoms with Crippen LogP contribution in [0, 0.1) is 24.4 Å². The van der Waals surface area contributed by atoms with Crippen molar-refractivity contribution in [2.45, 2.75) is 26.8 Å². The molecular weight excluding hydrogens is 269 g/mol. The highest BCUT2D eigenvalue weighted by molar-refractivity contribution is 5.71. The second-order valence-corrected chi connectivity index (χ2v) is 4.76. The zero-order chi connectivity index (χ0) is 15.0. The molecule has 0 unspecified atom stereocenters. The highest BCUT2D eigenvalue weighted by Crippen LogP contribution is 2.29. The minimum atomic E-state index is -1.50. The van der Waals surface area contributed by atoms with E-state index in [1.165, 1.54) is 0 Å². The van der Waals surface area contributed by atoms with Crippen molar-refractivity contribution in [1.82, 2.24) is 9.78 Å². The van der Waals surface area contributed by atoms with E-state index in [1.807, 2.05) is 13.8 Å². The molecule has 4 nitrogen and oxygen atoms in total. The largest absolute Gasteiger partial charge is 0.394 e. The molecule has 2 rings (SSSR count). The molecular formula is C13H15F3N4. The van der Waals surface area contributed by atoms with Gasteiger partial charge >= 0.3 is 0 Å². The van der Waals surface area contributed by atoms with Gasteiger partial charge in [-0.25, -0.2) is 17.9 Å². The summed E-state index contributed by atoms with van der Waals surface area (Å²) in [5.41, 5.74) is 6.93. The third kappa shape index (κ3) is 2.43. The minimum Gasteiger partial charge on any atom is -0.394 e. The average Bonchev–Trinajstić information content (AvgIpc) is 2.64. The molecule has 20 heavy (non-hydrogen) atoms. The lowest BCUT2D eigenvalue weighted by molar-refractivity contribution is 0.448. The number of hydrogen-bond acceptors (Lipinski definition) is 3. The van der Waals surface area contributed by atoms with Crippen LogP contribution in [-0.2, 0) is 0 Å². The first kappa shape index (κ1) is 14.2. The van der Waals surface area contributed by atoms with Crippen molar-refractivity contribution in [3.63, 3.8) is 0 Å². The Kier molecular flexibility index (Phi) is 3.61. The number of halogens is 3. The molecule has 0 fully saturated rings. The summed E-state index contributed by atoms with van der Waals surface area (Å²) in [5.74, 6) is -3.61. The zero-order valence-corrected chi connectivity index (χ0v) is 11.3. The van der Waals surface area contributed by atoms with Gasteiger partial charge in [-0.1, -0.05) is 0 Å². The zero-order valence-electron chi connectivity index (χ0n) is 11.3. The van der Waals surface area contributed by atoms with Gasteiger partial charge in [0.05, 0.1) is 11.4 Å². The van der Waals surface area contributed by atoms with Gasteiger partial charge in [-0.3, -0.25) is 0 Å². The fraction of sp³-hybridized carbons (Fsp3) is 0.308. The number of nitrogens with two attached hydrogens (primary N) is 1. The molecule has 0 saturated carbocycles. The summed E-state index contributed by atoms with van der Waals surface area (Å²) in [6.07, 6.45) is 0. The van der Waals surface area contributed by atoms with Gasteiger partial charge in [-0.2, -0.15) is 5.10 Å². The van der Waals surface area contributed by atoms with E-state index in [9.17, 15) is 13.2 Å². The highest BCUT2D eigenvalue weighted by atomic mass is 19.2. The second kappa shape index (κ2) is 5.07. The van der Waals surface area contributed by atoms with Gasteiger partial charge in [0.25, 0.3) is 0 Å². The van der Waals surface area contributed by atoms with Gasteiger partial charge in [0.1, 0.15) is 0 Å². The van der Waals surface area contributed by atoms with E-state index in [0.717, 1.165) is 12.1 Å². The number of nitrogen functional groups attached to an aromatic ring is 1. The Balaban J connectivity index is 2.45. The molecule has 0 aliphatic heterocycles. The molecule has 0 saturated heterocycles. The monoisotopic (exact) mass is 284 g/mol. The van der Waals surface area contributed by atoms with Crippen molar-refractivity contribution in [2.24, 2.45) is 0 Å². The van der Waals surface area contributed by atoms with Crippen molar-refractivity contribution in [3.8, 4) is 0 Å². The van der Waals surface area contributed by atoms with E-state index in [2.05, 4.69) is 10.4 Å². The van der Waals surface area contributed by atoms with Crippen LogP contribution in [0.15, 0.2) is 12.1 Å². The number of anilines is 3. The standard InChI is InChI=1S/C13H15F3N4/c1-6(2)20-13(12(17)7(3)19-20)18-8-4-9(14)11(16)10(15)5-8/h4-6,18H,17H2,1-3H3. The predicted octanol–water partition coefficient (Wildman–Crippen LogP) is 3.52. The number of rotatable bonds is 3. The van der Waals surface area contributed by atoms with Crippen LogP contribution in [0.4, 0.5) is 30.4 Å². The third-order valence-corrected chi connectivity index (χ3v) is 2.87. The quantitative estimate of drug-likeness (QED) is 0.848. The lowest BCUT2D eigenvalue weighted by Gasteiger charge is -2.13. The Hall–Kier alpha value is -2.18. The van der Waals surface area contributed by atoms with E-state index >= 15 is 0 Å². The molecule has 0 amide bonds. The fourth-order valence-corrected chi connectivity index (χ4v) is 1.82. The van der Waals surface area contributed by atoms with E-state index < -0.39 is 17.5 Å². The maximum absolute atomic E-state index is 13.2. The highest BCUT2D eigenvalue weighted by Gasteiger charge is 2.17.